The van der Waals surface area contributed by atoms with Crippen LogP contribution in [0.2, 0.25) is 0 Å². The summed E-state index contributed by atoms with van der Waals surface area (Å²) in [7, 11) is 1.88. The lowest BCUT2D eigenvalue weighted by Crippen LogP contribution is -2.10. The molecule has 0 saturated heterocycles. The van der Waals surface area contributed by atoms with Gasteiger partial charge >= 0.3 is 0 Å². The van der Waals surface area contributed by atoms with Gasteiger partial charge in [0.25, 0.3) is 0 Å². The summed E-state index contributed by atoms with van der Waals surface area (Å²) >= 11 is 0. The maximum Gasteiger partial charge on any atom is 0.147 e. The van der Waals surface area contributed by atoms with E-state index in [2.05, 4.69) is 15.4 Å². The molecule has 0 aliphatic rings. The summed E-state index contributed by atoms with van der Waals surface area (Å²) in [5.74, 6) is 0.874. The number of rotatable bonds is 4. The molecule has 0 radical (unpaired) electrons. The summed E-state index contributed by atoms with van der Waals surface area (Å²) in [4.78, 5) is 4.27. The highest BCUT2D eigenvalue weighted by atomic mass is 15.3. The number of hydrogen-bond donors (Lipinski definition) is 2. The lowest BCUT2D eigenvalue weighted by Gasteiger charge is -2.07. The van der Waals surface area contributed by atoms with Crippen molar-refractivity contribution >= 4 is 11.5 Å². The predicted molar refractivity (Wildman–Crippen MR) is 68.8 cm³/mol. The summed E-state index contributed by atoms with van der Waals surface area (Å²) < 4.78 is 1.77. The third-order valence-corrected chi connectivity index (χ3v) is 2.67. The van der Waals surface area contributed by atoms with Crippen LogP contribution in [0.1, 0.15) is 11.4 Å². The molecule has 0 aromatic carbocycles. The van der Waals surface area contributed by atoms with Crippen LogP contribution in [0, 0.1) is 6.92 Å². The molecular weight excluding hydrogens is 214 g/mol. The minimum Gasteiger partial charge on any atom is -0.394 e. The molecule has 0 aliphatic carbocycles. The molecule has 0 fully saturated rings. The maximum absolute atomic E-state index is 5.92. The SMILES string of the molecule is Cc1nn(C)c(NCCc2ccccn2)c1N. The number of nitrogens with one attached hydrogen (secondary N) is 1. The van der Waals surface area contributed by atoms with Gasteiger partial charge in [-0.2, -0.15) is 5.10 Å². The van der Waals surface area contributed by atoms with Gasteiger partial charge in [-0.05, 0) is 19.1 Å². The zero-order valence-corrected chi connectivity index (χ0v) is 10.1. The molecule has 0 saturated carbocycles. The second kappa shape index (κ2) is 4.86. The predicted octanol–water partition coefficient (Wildman–Crippen LogP) is 1.36. The molecule has 0 unspecified atom stereocenters. The maximum atomic E-state index is 5.92. The Bertz CT molecular complexity index is 489. The number of hydrogen-bond acceptors (Lipinski definition) is 4. The van der Waals surface area contributed by atoms with Gasteiger partial charge in [0.05, 0.1) is 11.4 Å². The number of aromatic nitrogens is 3. The van der Waals surface area contributed by atoms with E-state index in [-0.39, 0.29) is 0 Å². The average molecular weight is 231 g/mol. The van der Waals surface area contributed by atoms with Crippen molar-refractivity contribution in [3.8, 4) is 0 Å². The third-order valence-electron chi connectivity index (χ3n) is 2.67. The Balaban J connectivity index is 1.95. The summed E-state index contributed by atoms with van der Waals surface area (Å²) in [5.41, 5.74) is 8.56. The van der Waals surface area contributed by atoms with Crippen LogP contribution in [-0.4, -0.2) is 21.3 Å². The smallest absolute Gasteiger partial charge is 0.147 e. The van der Waals surface area contributed by atoms with E-state index in [1.165, 1.54) is 0 Å². The molecule has 2 aromatic heterocycles. The van der Waals surface area contributed by atoms with E-state index < -0.39 is 0 Å². The molecule has 5 nitrogen and oxygen atoms in total. The van der Waals surface area contributed by atoms with Crippen molar-refractivity contribution < 1.29 is 0 Å². The first-order valence-corrected chi connectivity index (χ1v) is 5.61. The van der Waals surface area contributed by atoms with Crippen molar-refractivity contribution in [2.75, 3.05) is 17.6 Å². The standard InChI is InChI=1S/C12H17N5/c1-9-11(13)12(17(2)16-9)15-8-6-10-5-3-4-7-14-10/h3-5,7,15H,6,8,13H2,1-2H3. The van der Waals surface area contributed by atoms with E-state index in [1.807, 2.05) is 32.2 Å². The van der Waals surface area contributed by atoms with E-state index in [4.69, 9.17) is 5.73 Å². The second-order valence-corrected chi connectivity index (χ2v) is 3.97. The number of nitrogens with two attached hydrogens (primary N) is 1. The van der Waals surface area contributed by atoms with E-state index in [9.17, 15) is 0 Å². The van der Waals surface area contributed by atoms with Crippen LogP contribution in [0.25, 0.3) is 0 Å². The van der Waals surface area contributed by atoms with Crippen molar-refractivity contribution in [3.63, 3.8) is 0 Å². The van der Waals surface area contributed by atoms with Crippen LogP contribution in [0.5, 0.6) is 0 Å². The Morgan fingerprint density at radius 3 is 2.82 bits per heavy atom. The molecule has 5 heteroatoms. The molecule has 90 valence electrons. The molecule has 0 atom stereocenters. The first-order valence-electron chi connectivity index (χ1n) is 5.61. The van der Waals surface area contributed by atoms with E-state index in [0.29, 0.717) is 5.69 Å². The number of nitrogen functional groups attached to an aromatic ring is 1. The van der Waals surface area contributed by atoms with Crippen LogP contribution in [-0.2, 0) is 13.5 Å². The summed E-state index contributed by atoms with van der Waals surface area (Å²) in [6.07, 6.45) is 2.67. The van der Waals surface area contributed by atoms with Crippen LogP contribution in [0.15, 0.2) is 24.4 Å². The molecule has 2 aromatic rings. The fraction of sp³-hybridized carbons (Fsp3) is 0.333. The van der Waals surface area contributed by atoms with Crippen molar-refractivity contribution in [1.82, 2.24) is 14.8 Å². The fourth-order valence-electron chi connectivity index (χ4n) is 1.74. The van der Waals surface area contributed by atoms with Crippen molar-refractivity contribution in [3.05, 3.63) is 35.8 Å². The average Bonchev–Trinajstić information content (AvgIpc) is 2.57. The molecule has 0 aliphatic heterocycles. The number of anilines is 2. The Hall–Kier alpha value is -2.04. The lowest BCUT2D eigenvalue weighted by atomic mass is 10.2. The van der Waals surface area contributed by atoms with Gasteiger partial charge in [-0.3, -0.25) is 9.67 Å². The quantitative estimate of drug-likeness (QED) is 0.833. The van der Waals surface area contributed by atoms with Gasteiger partial charge in [-0.25, -0.2) is 0 Å². The Morgan fingerprint density at radius 1 is 1.41 bits per heavy atom. The van der Waals surface area contributed by atoms with Crippen molar-refractivity contribution in [1.29, 1.82) is 0 Å². The van der Waals surface area contributed by atoms with Gasteiger partial charge in [0, 0.05) is 31.9 Å². The van der Waals surface area contributed by atoms with E-state index in [0.717, 1.165) is 30.2 Å². The Labute approximate surface area is 101 Å². The highest BCUT2D eigenvalue weighted by Gasteiger charge is 2.08. The minimum absolute atomic E-state index is 0.716. The number of pyridine rings is 1. The first kappa shape index (κ1) is 11.4. The highest BCUT2D eigenvalue weighted by Crippen LogP contribution is 2.20. The van der Waals surface area contributed by atoms with Crippen LogP contribution >= 0.6 is 0 Å². The molecular formula is C12H17N5. The van der Waals surface area contributed by atoms with Gasteiger partial charge in [0.2, 0.25) is 0 Å². The molecule has 17 heavy (non-hydrogen) atoms. The topological polar surface area (TPSA) is 68.8 Å². The zero-order valence-electron chi connectivity index (χ0n) is 10.1. The first-order chi connectivity index (χ1) is 8.18. The molecule has 2 rings (SSSR count). The molecule has 3 N–H and O–H groups in total. The number of aryl methyl sites for hydroxylation is 2. The summed E-state index contributed by atoms with van der Waals surface area (Å²) in [5, 5.41) is 7.54. The Kier molecular flexibility index (Phi) is 3.27. The second-order valence-electron chi connectivity index (χ2n) is 3.97. The Morgan fingerprint density at radius 2 is 2.24 bits per heavy atom. The largest absolute Gasteiger partial charge is 0.394 e. The zero-order chi connectivity index (χ0) is 12.3. The van der Waals surface area contributed by atoms with Crippen molar-refractivity contribution in [2.24, 2.45) is 7.05 Å². The lowest BCUT2D eigenvalue weighted by molar-refractivity contribution is 0.756. The van der Waals surface area contributed by atoms with Crippen LogP contribution < -0.4 is 11.1 Å². The molecule has 2 heterocycles. The van der Waals surface area contributed by atoms with Crippen LogP contribution in [0.4, 0.5) is 11.5 Å². The van der Waals surface area contributed by atoms with E-state index >= 15 is 0 Å². The van der Waals surface area contributed by atoms with Gasteiger partial charge < -0.3 is 11.1 Å². The summed E-state index contributed by atoms with van der Waals surface area (Å²) in [6, 6.07) is 5.92. The van der Waals surface area contributed by atoms with Gasteiger partial charge in [0.15, 0.2) is 0 Å². The normalized spacial score (nSPS) is 10.5. The van der Waals surface area contributed by atoms with Gasteiger partial charge in [0.1, 0.15) is 5.82 Å². The fourth-order valence-corrected chi connectivity index (χ4v) is 1.74. The summed E-state index contributed by atoms with van der Waals surface area (Å²) in [6.45, 7) is 2.69. The van der Waals surface area contributed by atoms with Crippen LogP contribution in [0.3, 0.4) is 0 Å². The van der Waals surface area contributed by atoms with E-state index in [1.54, 1.807) is 10.9 Å². The molecule has 0 amide bonds. The molecule has 0 spiro atoms. The van der Waals surface area contributed by atoms with Gasteiger partial charge in [-0.15, -0.1) is 0 Å². The molecule has 0 bridgehead atoms. The monoisotopic (exact) mass is 231 g/mol. The highest BCUT2D eigenvalue weighted by molar-refractivity contribution is 5.64. The van der Waals surface area contributed by atoms with Crippen molar-refractivity contribution in [2.45, 2.75) is 13.3 Å². The third kappa shape index (κ3) is 2.55. The van der Waals surface area contributed by atoms with Gasteiger partial charge in [-0.1, -0.05) is 6.07 Å². The minimum atomic E-state index is 0.716. The number of nitrogens with zero attached hydrogens (tertiary/aromatic N) is 3.